The number of carboxylic acid groups (broad SMARTS) is 1. The molecular formula is C54H71N9O10S. The molecule has 0 bridgehead atoms. The number of hydrazine groups is 2. The fourth-order valence-corrected chi connectivity index (χ4v) is 10.9. The van der Waals surface area contributed by atoms with Crippen LogP contribution in [0.1, 0.15) is 82.0 Å². The number of fused-ring (bicyclic) bond motifs is 6. The predicted molar refractivity (Wildman–Crippen MR) is 281 cm³/mol. The van der Waals surface area contributed by atoms with Gasteiger partial charge in [-0.3, -0.25) is 19.4 Å². The average Bonchev–Trinajstić information content (AvgIpc) is 4.05. The van der Waals surface area contributed by atoms with Crippen molar-refractivity contribution in [1.82, 2.24) is 41.5 Å². The third-order valence-corrected chi connectivity index (χ3v) is 14.8. The molecule has 2 amide bonds. The minimum Gasteiger partial charge on any atom is -0.506 e. The van der Waals surface area contributed by atoms with Crippen LogP contribution in [0.15, 0.2) is 91.5 Å². The summed E-state index contributed by atoms with van der Waals surface area (Å²) < 4.78 is 31.1. The van der Waals surface area contributed by atoms with Crippen LogP contribution in [0.25, 0.3) is 5.76 Å². The summed E-state index contributed by atoms with van der Waals surface area (Å²) in [5, 5.41) is 22.4. The first kappa shape index (κ1) is 54.9. The Hall–Kier alpha value is -5.36. The van der Waals surface area contributed by atoms with Crippen molar-refractivity contribution in [3.05, 3.63) is 131 Å². The first-order valence-electron chi connectivity index (χ1n) is 25.7. The van der Waals surface area contributed by atoms with Crippen molar-refractivity contribution in [1.29, 1.82) is 0 Å². The van der Waals surface area contributed by atoms with Crippen LogP contribution in [0, 0.1) is 5.92 Å². The maximum absolute atomic E-state index is 13.8. The molecule has 0 spiro atoms. The fourth-order valence-electron chi connectivity index (χ4n) is 9.84. The molecule has 5 heterocycles. The number of rotatable bonds is 17. The molecule has 6 N–H and O–H groups in total. The summed E-state index contributed by atoms with van der Waals surface area (Å²) in [7, 11) is 0. The molecule has 5 unspecified atom stereocenters. The lowest BCUT2D eigenvalue weighted by molar-refractivity contribution is -0.125. The zero-order chi connectivity index (χ0) is 51.5. The smallest absolute Gasteiger partial charge is 0.354 e. The summed E-state index contributed by atoms with van der Waals surface area (Å²) in [5.41, 5.74) is 15.7. The Kier molecular flexibility index (Phi) is 21.1. The predicted octanol–water partition coefficient (Wildman–Crippen LogP) is 4.82. The van der Waals surface area contributed by atoms with Gasteiger partial charge in [0, 0.05) is 70.1 Å². The van der Waals surface area contributed by atoms with Gasteiger partial charge < -0.3 is 44.1 Å². The van der Waals surface area contributed by atoms with E-state index in [1.165, 1.54) is 6.07 Å². The molecule has 3 fully saturated rings. The van der Waals surface area contributed by atoms with Crippen LogP contribution in [0.4, 0.5) is 5.69 Å². The highest BCUT2D eigenvalue weighted by Crippen LogP contribution is 2.41. The molecule has 2 saturated heterocycles. The van der Waals surface area contributed by atoms with E-state index in [4.69, 9.17) is 23.7 Å². The van der Waals surface area contributed by atoms with E-state index in [9.17, 15) is 24.6 Å². The number of aliphatic hydroxyl groups is 1. The van der Waals surface area contributed by atoms with Crippen molar-refractivity contribution >= 4 is 41.0 Å². The largest absolute Gasteiger partial charge is 0.506 e. The first-order valence-corrected chi connectivity index (χ1v) is 26.9. The lowest BCUT2D eigenvalue weighted by Crippen LogP contribution is -2.36. The first-order chi connectivity index (χ1) is 36.2. The van der Waals surface area contributed by atoms with Crippen molar-refractivity contribution in [2.45, 2.75) is 69.6 Å². The van der Waals surface area contributed by atoms with E-state index in [0.29, 0.717) is 123 Å². The molecular weight excluding hydrogens is 967 g/mol. The molecule has 4 aliphatic rings. The monoisotopic (exact) mass is 1040 g/mol. The number of aliphatic hydroxyl groups excluding tert-OH is 1. The number of amides is 2. The topological polar surface area (TPSA) is 221 Å². The summed E-state index contributed by atoms with van der Waals surface area (Å²) in [4.78, 5) is 53.6. The molecule has 2 aromatic heterocycles. The Balaban J connectivity index is 0.785. The van der Waals surface area contributed by atoms with Crippen molar-refractivity contribution in [3.63, 3.8) is 0 Å². The van der Waals surface area contributed by atoms with Crippen molar-refractivity contribution in [2.75, 3.05) is 102 Å². The number of thioether (sulfide) groups is 1. The van der Waals surface area contributed by atoms with Crippen LogP contribution >= 0.6 is 11.8 Å². The molecule has 19 nitrogen and oxygen atoms in total. The summed E-state index contributed by atoms with van der Waals surface area (Å²) >= 11 is 1.83. The van der Waals surface area contributed by atoms with Gasteiger partial charge in [-0.1, -0.05) is 61.2 Å². The van der Waals surface area contributed by atoms with Crippen LogP contribution in [-0.2, 0) is 52.9 Å². The number of nitrogens with zero attached hydrogens (tertiary/aromatic N) is 5. The second-order valence-corrected chi connectivity index (χ2v) is 20.0. The van der Waals surface area contributed by atoms with E-state index in [0.717, 1.165) is 52.4 Å². The highest BCUT2D eigenvalue weighted by molar-refractivity contribution is 7.99. The third kappa shape index (κ3) is 16.1. The number of aromatic nitrogens is 2. The van der Waals surface area contributed by atoms with E-state index in [-0.39, 0.29) is 60.4 Å². The van der Waals surface area contributed by atoms with Gasteiger partial charge in [0.25, 0.3) is 0 Å². The minimum absolute atomic E-state index is 0.00649. The number of carbonyl (C=O) groups excluding carboxylic acids is 2. The van der Waals surface area contributed by atoms with Gasteiger partial charge >= 0.3 is 5.97 Å². The Morgan fingerprint density at radius 1 is 0.716 bits per heavy atom. The van der Waals surface area contributed by atoms with Crippen molar-refractivity contribution < 1.29 is 48.3 Å². The minimum atomic E-state index is -1.06. The van der Waals surface area contributed by atoms with E-state index in [2.05, 4.69) is 60.2 Å². The zero-order valence-corrected chi connectivity index (χ0v) is 42.9. The van der Waals surface area contributed by atoms with Gasteiger partial charge in [-0.2, -0.15) is 17.3 Å². The lowest BCUT2D eigenvalue weighted by atomic mass is 9.88. The quantitative estimate of drug-likeness (QED) is 0.0617. The number of aromatic carboxylic acids is 1. The van der Waals surface area contributed by atoms with Crippen molar-refractivity contribution in [3.8, 4) is 0 Å². The number of carboxylic acids is 1. The molecule has 2 aromatic carbocycles. The Morgan fingerprint density at radius 2 is 1.32 bits per heavy atom. The number of para-hydroxylation sites is 1. The van der Waals surface area contributed by atoms with Gasteiger partial charge in [0.05, 0.1) is 95.1 Å². The van der Waals surface area contributed by atoms with Gasteiger partial charge in [-0.25, -0.2) is 25.6 Å². The number of nitrogens with one attached hydrogen (secondary N) is 4. The third-order valence-electron chi connectivity index (χ3n) is 13.6. The number of benzene rings is 2. The van der Waals surface area contributed by atoms with E-state index in [1.54, 1.807) is 17.0 Å². The number of anilines is 1. The van der Waals surface area contributed by atoms with Gasteiger partial charge in [0.2, 0.25) is 11.8 Å². The maximum atomic E-state index is 13.8. The zero-order valence-electron chi connectivity index (χ0n) is 42.0. The van der Waals surface area contributed by atoms with Crippen molar-refractivity contribution in [2.24, 2.45) is 5.92 Å². The molecule has 74 heavy (non-hydrogen) atoms. The number of carbonyl (C=O) groups is 3. The molecule has 398 valence electrons. The standard InChI is InChI=1S/C54H71N9O10S/c1-38(64)45-13-6-9-41(56-45)35-61-19-24-70-28-29-71-25-20-62(36-42-10-7-14-46(57-42)54(67)68)22-27-73-49-33-39(32-48(49)72-26-21-61)37-74-31-30-69-23-18-55-50(65)16-17-51(66)63-34-40-8-2-3-11-43(40)52-53(59-60-58-52)44-12-4-5-15-47(44)63/h2-15,39,48-49,52-53,58-60,64H,1,16-37H2,(H,55,65)(H,67,68). The average molecular weight is 1040 g/mol. The van der Waals surface area contributed by atoms with Crippen LogP contribution < -0.4 is 26.6 Å². The Labute approximate surface area is 437 Å². The summed E-state index contributed by atoms with van der Waals surface area (Å²) in [6, 6.07) is 26.5. The number of hydrogen-bond acceptors (Lipinski definition) is 17. The highest BCUT2D eigenvalue weighted by Gasteiger charge is 2.38. The molecule has 5 atom stereocenters. The number of ether oxygens (including phenoxy) is 5. The highest BCUT2D eigenvalue weighted by atomic mass is 32.2. The van der Waals surface area contributed by atoms with Crippen LogP contribution in [-0.4, -0.2) is 157 Å². The molecule has 4 aromatic rings. The molecule has 0 radical (unpaired) electrons. The summed E-state index contributed by atoms with van der Waals surface area (Å²) in [5.74, 6) is 0.647. The van der Waals surface area contributed by atoms with Crippen LogP contribution in [0.5, 0.6) is 0 Å². The molecule has 8 rings (SSSR count). The molecule has 1 saturated carbocycles. The van der Waals surface area contributed by atoms with Gasteiger partial charge in [-0.15, -0.1) is 0 Å². The van der Waals surface area contributed by atoms with Gasteiger partial charge in [-0.05, 0) is 71.5 Å². The maximum Gasteiger partial charge on any atom is 0.354 e. The normalized spacial score (nSPS) is 22.4. The van der Waals surface area contributed by atoms with E-state index >= 15 is 0 Å². The van der Waals surface area contributed by atoms with Gasteiger partial charge in [0.1, 0.15) is 17.1 Å². The van der Waals surface area contributed by atoms with Gasteiger partial charge in [0.15, 0.2) is 0 Å². The summed E-state index contributed by atoms with van der Waals surface area (Å²) in [6.07, 6.45) is 1.65. The molecule has 1 aliphatic carbocycles. The summed E-state index contributed by atoms with van der Waals surface area (Å²) in [6.45, 7) is 11.5. The van der Waals surface area contributed by atoms with E-state index in [1.807, 2.05) is 66.4 Å². The molecule has 20 heteroatoms. The Bertz CT molecular complexity index is 2390. The fraction of sp³-hybridized carbons (Fsp3) is 0.500. The van der Waals surface area contributed by atoms with Crippen LogP contribution in [0.3, 0.4) is 0 Å². The second kappa shape index (κ2) is 28.5. The SMILES string of the molecule is C=C(O)c1cccc(CN2CCOCCOCCN(Cc3cccc(C(=O)O)n3)CCOC3CC(CSCCOCCNC(=O)CCC(=O)N4Cc5ccccc5C5NNNC5c5ccccc54)CC3OCC2)n1. The Morgan fingerprint density at radius 3 is 2.00 bits per heavy atom. The second-order valence-electron chi connectivity index (χ2n) is 18.9. The number of hydrogen-bond donors (Lipinski definition) is 6. The number of pyridine rings is 2. The molecule has 3 aliphatic heterocycles. The van der Waals surface area contributed by atoms with Crippen LogP contribution in [0.2, 0.25) is 0 Å². The van der Waals surface area contributed by atoms with E-state index < -0.39 is 5.97 Å². The lowest BCUT2D eigenvalue weighted by Gasteiger charge is -2.33.